The van der Waals surface area contributed by atoms with E-state index in [1.165, 1.54) is 19.1 Å². The molecular formula is C11H10N2O5. The van der Waals surface area contributed by atoms with Crippen LogP contribution in [0.5, 0.6) is 0 Å². The molecule has 0 fully saturated rings. The lowest BCUT2D eigenvalue weighted by molar-refractivity contribution is -0.385. The van der Waals surface area contributed by atoms with E-state index in [0.717, 1.165) is 0 Å². The Hall–Kier alpha value is -2.41. The number of nitro benzene ring substituents is 1. The van der Waals surface area contributed by atoms with Crippen molar-refractivity contribution in [1.29, 1.82) is 0 Å². The lowest BCUT2D eigenvalue weighted by Gasteiger charge is -2.06. The highest BCUT2D eigenvalue weighted by Crippen LogP contribution is 2.27. The van der Waals surface area contributed by atoms with Crippen LogP contribution in [0, 0.1) is 10.1 Å². The molecule has 0 amide bonds. The summed E-state index contributed by atoms with van der Waals surface area (Å²) in [5.74, 6) is -0.498. The van der Waals surface area contributed by atoms with Gasteiger partial charge in [0.05, 0.1) is 16.2 Å². The normalized spacial score (nSPS) is 17.8. The van der Waals surface area contributed by atoms with E-state index in [1.54, 1.807) is 18.2 Å². The SMILES string of the molecule is CC(=O)OC1C=C(c2ccccc2[N+](=O)[O-])NO1. The number of rotatable bonds is 3. The number of ether oxygens (including phenoxy) is 1. The summed E-state index contributed by atoms with van der Waals surface area (Å²) < 4.78 is 4.79. The largest absolute Gasteiger partial charge is 0.430 e. The van der Waals surface area contributed by atoms with Crippen LogP contribution in [-0.4, -0.2) is 17.2 Å². The lowest BCUT2D eigenvalue weighted by atomic mass is 10.1. The van der Waals surface area contributed by atoms with E-state index >= 15 is 0 Å². The molecule has 0 bridgehead atoms. The molecule has 0 spiro atoms. The predicted octanol–water partition coefficient (Wildman–Crippen LogP) is 1.36. The minimum absolute atomic E-state index is 0.0525. The summed E-state index contributed by atoms with van der Waals surface area (Å²) in [6.07, 6.45) is 0.585. The minimum atomic E-state index is -0.877. The third-order valence-corrected chi connectivity index (χ3v) is 2.26. The minimum Gasteiger partial charge on any atom is -0.430 e. The molecule has 0 radical (unpaired) electrons. The van der Waals surface area contributed by atoms with Crippen molar-refractivity contribution >= 4 is 17.4 Å². The number of hydrogen-bond acceptors (Lipinski definition) is 6. The van der Waals surface area contributed by atoms with Crippen molar-refractivity contribution in [3.8, 4) is 0 Å². The van der Waals surface area contributed by atoms with E-state index in [0.29, 0.717) is 11.3 Å². The number of hydrogen-bond donors (Lipinski definition) is 1. The van der Waals surface area contributed by atoms with E-state index in [1.807, 2.05) is 0 Å². The second-order valence-electron chi connectivity index (χ2n) is 3.55. The molecule has 0 saturated carbocycles. The van der Waals surface area contributed by atoms with Crippen molar-refractivity contribution in [3.63, 3.8) is 0 Å². The fourth-order valence-electron chi connectivity index (χ4n) is 1.55. The van der Waals surface area contributed by atoms with Crippen molar-refractivity contribution in [2.24, 2.45) is 0 Å². The predicted molar refractivity (Wildman–Crippen MR) is 60.8 cm³/mol. The Morgan fingerprint density at radius 2 is 2.22 bits per heavy atom. The molecule has 1 aliphatic rings. The molecule has 7 nitrogen and oxygen atoms in total. The van der Waals surface area contributed by atoms with Gasteiger partial charge in [-0.3, -0.25) is 20.4 Å². The molecule has 94 valence electrons. The average Bonchev–Trinajstić information content (AvgIpc) is 2.76. The molecular weight excluding hydrogens is 240 g/mol. The Bertz CT molecular complexity index is 526. The molecule has 1 aromatic carbocycles. The van der Waals surface area contributed by atoms with Crippen LogP contribution < -0.4 is 5.48 Å². The number of benzene rings is 1. The first-order valence-corrected chi connectivity index (χ1v) is 5.12. The molecule has 1 atom stereocenters. The highest BCUT2D eigenvalue weighted by molar-refractivity contribution is 5.73. The second-order valence-corrected chi connectivity index (χ2v) is 3.55. The smallest absolute Gasteiger partial charge is 0.305 e. The first kappa shape index (κ1) is 12.1. The number of hydroxylamine groups is 1. The van der Waals surface area contributed by atoms with Gasteiger partial charge in [-0.05, 0) is 6.07 Å². The lowest BCUT2D eigenvalue weighted by Crippen LogP contribution is -2.17. The Morgan fingerprint density at radius 1 is 1.50 bits per heavy atom. The fourth-order valence-corrected chi connectivity index (χ4v) is 1.55. The number of esters is 1. The van der Waals surface area contributed by atoms with Gasteiger partial charge < -0.3 is 4.74 Å². The van der Waals surface area contributed by atoms with Crippen LogP contribution in [0.4, 0.5) is 5.69 Å². The topological polar surface area (TPSA) is 90.7 Å². The van der Waals surface area contributed by atoms with E-state index in [-0.39, 0.29) is 5.69 Å². The number of para-hydroxylation sites is 1. The van der Waals surface area contributed by atoms with Gasteiger partial charge in [0.1, 0.15) is 0 Å². The van der Waals surface area contributed by atoms with Gasteiger partial charge in [0.25, 0.3) is 5.69 Å². The van der Waals surface area contributed by atoms with E-state index in [2.05, 4.69) is 5.48 Å². The maximum atomic E-state index is 10.9. The summed E-state index contributed by atoms with van der Waals surface area (Å²) in [7, 11) is 0. The Balaban J connectivity index is 2.28. The van der Waals surface area contributed by atoms with Crippen molar-refractivity contribution in [3.05, 3.63) is 46.0 Å². The Morgan fingerprint density at radius 3 is 2.89 bits per heavy atom. The fraction of sp³-hybridized carbons (Fsp3) is 0.182. The third kappa shape index (κ3) is 2.46. The molecule has 1 aliphatic heterocycles. The van der Waals surface area contributed by atoms with Crippen LogP contribution in [0.2, 0.25) is 0 Å². The zero-order valence-corrected chi connectivity index (χ0v) is 9.45. The van der Waals surface area contributed by atoms with E-state index in [9.17, 15) is 14.9 Å². The van der Waals surface area contributed by atoms with E-state index in [4.69, 9.17) is 9.57 Å². The summed E-state index contributed by atoms with van der Waals surface area (Å²) >= 11 is 0. The van der Waals surface area contributed by atoms with Crippen molar-refractivity contribution in [2.75, 3.05) is 0 Å². The number of carbonyl (C=O) groups is 1. The molecule has 2 rings (SSSR count). The molecule has 0 saturated heterocycles. The number of nitrogens with zero attached hydrogens (tertiary/aromatic N) is 1. The summed E-state index contributed by atoms with van der Waals surface area (Å²) in [5, 5.41) is 10.9. The molecule has 1 unspecified atom stereocenters. The second kappa shape index (κ2) is 4.84. The van der Waals surface area contributed by atoms with Crippen molar-refractivity contribution < 1.29 is 19.3 Å². The van der Waals surface area contributed by atoms with Gasteiger partial charge in [0, 0.05) is 19.1 Å². The van der Waals surface area contributed by atoms with E-state index < -0.39 is 17.2 Å². The monoisotopic (exact) mass is 250 g/mol. The van der Waals surface area contributed by atoms with Gasteiger partial charge in [-0.15, -0.1) is 0 Å². The summed E-state index contributed by atoms with van der Waals surface area (Å²) in [5.41, 5.74) is 3.22. The summed E-state index contributed by atoms with van der Waals surface area (Å²) in [4.78, 5) is 26.1. The number of nitro groups is 1. The standard InChI is InChI=1S/C11H10N2O5/c1-7(14)17-11-6-9(12-18-11)8-4-2-3-5-10(8)13(15)16/h2-6,11-12H,1H3. The Kier molecular flexibility index (Phi) is 3.24. The molecule has 18 heavy (non-hydrogen) atoms. The molecule has 1 N–H and O–H groups in total. The summed E-state index contributed by atoms with van der Waals surface area (Å²) in [6, 6.07) is 6.21. The maximum absolute atomic E-state index is 10.9. The van der Waals surface area contributed by atoms with Crippen LogP contribution in [0.15, 0.2) is 30.3 Å². The molecule has 7 heteroatoms. The van der Waals surface area contributed by atoms with Crippen LogP contribution in [0.25, 0.3) is 5.70 Å². The zero-order valence-electron chi connectivity index (χ0n) is 9.45. The molecule has 1 aromatic rings. The van der Waals surface area contributed by atoms with Crippen LogP contribution >= 0.6 is 0 Å². The quantitative estimate of drug-likeness (QED) is 0.494. The molecule has 1 heterocycles. The van der Waals surface area contributed by atoms with Gasteiger partial charge in [0.2, 0.25) is 6.29 Å². The average molecular weight is 250 g/mol. The number of nitrogens with one attached hydrogen (secondary N) is 1. The van der Waals surface area contributed by atoms with Crippen LogP contribution in [-0.2, 0) is 14.4 Å². The van der Waals surface area contributed by atoms with Gasteiger partial charge in [0.15, 0.2) is 0 Å². The third-order valence-electron chi connectivity index (χ3n) is 2.26. The van der Waals surface area contributed by atoms with Crippen molar-refractivity contribution in [2.45, 2.75) is 13.2 Å². The molecule has 0 aromatic heterocycles. The first-order valence-electron chi connectivity index (χ1n) is 5.12. The number of carbonyl (C=O) groups excluding carboxylic acids is 1. The van der Waals surface area contributed by atoms with Crippen LogP contribution in [0.1, 0.15) is 12.5 Å². The zero-order chi connectivity index (χ0) is 13.1. The van der Waals surface area contributed by atoms with Gasteiger partial charge in [-0.25, -0.2) is 4.84 Å². The molecule has 0 aliphatic carbocycles. The van der Waals surface area contributed by atoms with Crippen LogP contribution in [0.3, 0.4) is 0 Å². The maximum Gasteiger partial charge on any atom is 0.305 e. The van der Waals surface area contributed by atoms with Crippen molar-refractivity contribution in [1.82, 2.24) is 5.48 Å². The van der Waals surface area contributed by atoms with Gasteiger partial charge in [-0.1, -0.05) is 12.1 Å². The van der Waals surface area contributed by atoms with Gasteiger partial charge >= 0.3 is 5.97 Å². The highest BCUT2D eigenvalue weighted by atomic mass is 16.8. The highest BCUT2D eigenvalue weighted by Gasteiger charge is 2.24. The Labute approximate surface area is 102 Å². The van der Waals surface area contributed by atoms with Gasteiger partial charge in [-0.2, -0.15) is 0 Å². The summed E-state index contributed by atoms with van der Waals surface area (Å²) in [6.45, 7) is 1.25. The first-order chi connectivity index (χ1) is 8.58.